The molecule has 12 nitrogen and oxygen atoms in total. The second-order valence-corrected chi connectivity index (χ2v) is 21.6. The summed E-state index contributed by atoms with van der Waals surface area (Å²) in [6, 6.07) is 12.0. The fraction of sp³-hybridized carbons (Fsp3) is 0.500. The molecule has 1 N–H and O–H groups in total. The van der Waals surface area contributed by atoms with E-state index in [0.717, 1.165) is 5.56 Å². The summed E-state index contributed by atoms with van der Waals surface area (Å²) >= 11 is 0. The van der Waals surface area contributed by atoms with Gasteiger partial charge in [-0.05, 0) is 94.6 Å². The van der Waals surface area contributed by atoms with Crippen molar-refractivity contribution in [3.63, 3.8) is 0 Å². The van der Waals surface area contributed by atoms with Crippen LogP contribution in [0, 0.1) is 11.8 Å². The molecule has 0 saturated carbocycles. The van der Waals surface area contributed by atoms with E-state index in [0.29, 0.717) is 17.1 Å². The minimum atomic E-state index is -2.91. The second-order valence-electron chi connectivity index (χ2n) is 16.9. The lowest BCUT2D eigenvalue weighted by Gasteiger charge is -2.55. The standard InChI is InChI=1S/C40H50N2O10Si/c1-38(2,3)50-37(46)49-27-18-17-26(47-9)24-19-23-20-25-31(42(7)8)33-30(36(41-51-33)48-21-22-15-13-12-14-16-22)35(45)40(25,52-53(10,11)39(4,5)6)34(44)28(23)32(43)29(24)27/h12-18,23,25,31,44H,19-21H2,1-11H3/t23-,25-,31-,40-/m0/s1. The molecule has 3 aromatic rings. The van der Waals surface area contributed by atoms with Crippen molar-refractivity contribution in [3.8, 4) is 17.4 Å². The molecule has 0 unspecified atom stereocenters. The molecule has 6 rings (SSSR count). The van der Waals surface area contributed by atoms with Crippen LogP contribution in [0.25, 0.3) is 0 Å². The Kier molecular flexibility index (Phi) is 9.70. The number of ketones is 2. The first-order chi connectivity index (χ1) is 24.7. The summed E-state index contributed by atoms with van der Waals surface area (Å²) in [4.78, 5) is 45.1. The zero-order valence-corrected chi connectivity index (χ0v) is 33.4. The van der Waals surface area contributed by atoms with Gasteiger partial charge in [0, 0.05) is 17.1 Å². The minimum Gasteiger partial charge on any atom is -0.508 e. The molecule has 0 radical (unpaired) electrons. The highest BCUT2D eigenvalue weighted by Gasteiger charge is 2.67. The van der Waals surface area contributed by atoms with Crippen LogP contribution in [-0.4, -0.2) is 73.6 Å². The predicted octanol–water partition coefficient (Wildman–Crippen LogP) is 8.02. The molecule has 1 aromatic heterocycles. The first-order valence-corrected chi connectivity index (χ1v) is 20.8. The van der Waals surface area contributed by atoms with Gasteiger partial charge in [0.1, 0.15) is 35.0 Å². The number of fused-ring (bicyclic) bond motifs is 4. The lowest BCUT2D eigenvalue weighted by molar-refractivity contribution is -0.0480. The van der Waals surface area contributed by atoms with Crippen LogP contribution in [0.2, 0.25) is 18.1 Å². The molecule has 284 valence electrons. The molecule has 2 aromatic carbocycles. The van der Waals surface area contributed by atoms with Crippen molar-refractivity contribution in [2.45, 2.75) is 96.4 Å². The highest BCUT2D eigenvalue weighted by Crippen LogP contribution is 2.60. The molecule has 53 heavy (non-hydrogen) atoms. The largest absolute Gasteiger partial charge is 0.514 e. The monoisotopic (exact) mass is 746 g/mol. The van der Waals surface area contributed by atoms with Crippen molar-refractivity contribution >= 4 is 26.0 Å². The predicted molar refractivity (Wildman–Crippen MR) is 198 cm³/mol. The Morgan fingerprint density at radius 2 is 1.68 bits per heavy atom. The van der Waals surface area contributed by atoms with Crippen molar-refractivity contribution < 1.29 is 47.4 Å². The average molecular weight is 747 g/mol. The maximum absolute atomic E-state index is 15.4. The fourth-order valence-corrected chi connectivity index (χ4v) is 9.00. The van der Waals surface area contributed by atoms with Crippen LogP contribution in [-0.2, 0) is 22.2 Å². The lowest BCUT2D eigenvalue weighted by atomic mass is 9.58. The van der Waals surface area contributed by atoms with Gasteiger partial charge in [0.2, 0.25) is 5.78 Å². The number of carbonyl (C=O) groups is 3. The van der Waals surface area contributed by atoms with Gasteiger partial charge in [-0.2, -0.15) is 0 Å². The number of aliphatic hydroxyl groups is 1. The minimum absolute atomic E-state index is 0.0182. The molecule has 0 fully saturated rings. The van der Waals surface area contributed by atoms with Gasteiger partial charge in [-0.15, -0.1) is 0 Å². The topological polar surface area (TPSA) is 147 Å². The number of allylic oxidation sites excluding steroid dienone is 1. The third kappa shape index (κ3) is 6.56. The first kappa shape index (κ1) is 38.3. The van der Waals surface area contributed by atoms with Crippen molar-refractivity contribution in [2.24, 2.45) is 11.8 Å². The van der Waals surface area contributed by atoms with Crippen LogP contribution in [0.1, 0.15) is 91.6 Å². The van der Waals surface area contributed by atoms with Crippen molar-refractivity contribution in [1.29, 1.82) is 0 Å². The Morgan fingerprint density at radius 3 is 2.28 bits per heavy atom. The normalized spacial score (nSPS) is 22.8. The van der Waals surface area contributed by atoms with Gasteiger partial charge in [-0.25, -0.2) is 4.79 Å². The summed E-state index contributed by atoms with van der Waals surface area (Å²) in [7, 11) is 2.33. The first-order valence-electron chi connectivity index (χ1n) is 17.9. The van der Waals surface area contributed by atoms with Gasteiger partial charge in [0.05, 0.1) is 18.7 Å². The number of hydrogen-bond donors (Lipinski definition) is 1. The number of rotatable bonds is 8. The number of nitrogens with zero attached hydrogens (tertiary/aromatic N) is 2. The molecule has 3 aliphatic rings. The molecule has 0 bridgehead atoms. The number of hydrogen-bond acceptors (Lipinski definition) is 12. The molecular weight excluding hydrogens is 697 g/mol. The highest BCUT2D eigenvalue weighted by molar-refractivity contribution is 6.74. The number of ether oxygens (including phenoxy) is 4. The Morgan fingerprint density at radius 1 is 1.02 bits per heavy atom. The molecule has 0 amide bonds. The lowest BCUT2D eigenvalue weighted by Crippen LogP contribution is -2.65. The second kappa shape index (κ2) is 13.4. The van der Waals surface area contributed by atoms with Gasteiger partial charge in [-0.3, -0.25) is 14.5 Å². The summed E-state index contributed by atoms with van der Waals surface area (Å²) in [5, 5.41) is 16.7. The Hall–Kier alpha value is -4.46. The molecule has 0 saturated heterocycles. The molecular formula is C40H50N2O10Si. The number of aromatic nitrogens is 1. The van der Waals surface area contributed by atoms with E-state index in [4.69, 9.17) is 27.9 Å². The summed E-state index contributed by atoms with van der Waals surface area (Å²) < 4.78 is 36.1. The van der Waals surface area contributed by atoms with Crippen LogP contribution in [0.4, 0.5) is 4.79 Å². The number of benzene rings is 2. The number of carbonyl (C=O) groups excluding carboxylic acids is 3. The summed E-state index contributed by atoms with van der Waals surface area (Å²) in [5.41, 5.74) is -1.30. The maximum atomic E-state index is 15.4. The Bertz CT molecular complexity index is 1970. The van der Waals surface area contributed by atoms with Crippen LogP contribution in [0.15, 0.2) is 58.3 Å². The van der Waals surface area contributed by atoms with E-state index in [1.807, 2.05) is 83.2 Å². The van der Waals surface area contributed by atoms with Crippen LogP contribution in [0.3, 0.4) is 0 Å². The van der Waals surface area contributed by atoms with Crippen molar-refractivity contribution in [3.05, 3.63) is 81.8 Å². The summed E-state index contributed by atoms with van der Waals surface area (Å²) in [6.07, 6.45) is -0.460. The van der Waals surface area contributed by atoms with E-state index >= 15 is 4.79 Å². The highest BCUT2D eigenvalue weighted by atomic mass is 28.4. The third-order valence-corrected chi connectivity index (χ3v) is 15.4. The summed E-state index contributed by atoms with van der Waals surface area (Å²) in [5.74, 6) is -2.19. The number of Topliss-reactive ketones (excluding diaryl/α,β-unsaturated/α-hetero) is 2. The van der Waals surface area contributed by atoms with Crippen LogP contribution in [0.5, 0.6) is 17.4 Å². The molecule has 3 aliphatic carbocycles. The Labute approximate surface area is 311 Å². The molecule has 0 spiro atoms. The average Bonchev–Trinajstić information content (AvgIpc) is 3.47. The van der Waals surface area contributed by atoms with Gasteiger partial charge in [0.25, 0.3) is 5.88 Å². The smallest absolute Gasteiger partial charge is 0.508 e. The zero-order valence-electron chi connectivity index (χ0n) is 32.4. The van der Waals surface area contributed by atoms with Gasteiger partial charge in [-0.1, -0.05) is 51.1 Å². The Balaban J connectivity index is 1.56. The molecule has 13 heteroatoms. The zero-order chi connectivity index (χ0) is 38.8. The molecule has 4 atom stereocenters. The SMILES string of the molecule is COc1ccc(OC(=O)OC(C)(C)C)c2c1C[C@H]1C[C@H]3[C@H](N(C)C)c4onc(OCc5ccccc5)c4C(=O)[C@@]3(O[Si](C)(C)C(C)(C)C)C(O)=C1C2=O. The van der Waals surface area contributed by atoms with Gasteiger partial charge in [0.15, 0.2) is 25.5 Å². The number of methoxy groups -OCH3 is 1. The van der Waals surface area contributed by atoms with E-state index in [1.165, 1.54) is 13.2 Å². The van der Waals surface area contributed by atoms with E-state index < -0.39 is 65.9 Å². The van der Waals surface area contributed by atoms with Gasteiger partial charge < -0.3 is 33.0 Å². The summed E-state index contributed by atoms with van der Waals surface area (Å²) in [6.45, 7) is 15.4. The molecule has 0 aliphatic heterocycles. The van der Waals surface area contributed by atoms with Crippen molar-refractivity contribution in [1.82, 2.24) is 10.1 Å². The third-order valence-electron chi connectivity index (χ3n) is 10.9. The number of aliphatic hydroxyl groups excluding tert-OH is 1. The van der Waals surface area contributed by atoms with Crippen molar-refractivity contribution in [2.75, 3.05) is 21.2 Å². The van der Waals surface area contributed by atoms with E-state index in [2.05, 4.69) is 5.16 Å². The van der Waals surface area contributed by atoms with E-state index in [9.17, 15) is 14.7 Å². The van der Waals surface area contributed by atoms with E-state index in [1.54, 1.807) is 26.8 Å². The maximum Gasteiger partial charge on any atom is 0.514 e. The quantitative estimate of drug-likeness (QED) is 0.135. The fourth-order valence-electron chi connectivity index (χ4n) is 7.55. The van der Waals surface area contributed by atoms with Gasteiger partial charge >= 0.3 is 6.16 Å². The van der Waals surface area contributed by atoms with Crippen LogP contribution < -0.4 is 14.2 Å². The van der Waals surface area contributed by atoms with E-state index in [-0.39, 0.29) is 47.8 Å². The molecule has 1 heterocycles. The van der Waals surface area contributed by atoms with Crippen LogP contribution >= 0.6 is 0 Å².